The number of rotatable bonds is 7. The highest BCUT2D eigenvalue weighted by atomic mass is 32.2. The van der Waals surface area contributed by atoms with Crippen molar-refractivity contribution in [1.82, 2.24) is 14.5 Å². The largest absolute Gasteiger partial charge is 0.389 e. The molecule has 1 aromatic carbocycles. The van der Waals surface area contributed by atoms with Crippen molar-refractivity contribution in [3.05, 3.63) is 30.1 Å². The number of piperidine rings is 1. The number of nitrogens with one attached hydrogen (secondary N) is 1. The third-order valence-corrected chi connectivity index (χ3v) is 8.87. The van der Waals surface area contributed by atoms with E-state index in [9.17, 15) is 22.7 Å². The second-order valence-corrected chi connectivity index (χ2v) is 11.5. The summed E-state index contributed by atoms with van der Waals surface area (Å²) in [5.41, 5.74) is 0. The highest BCUT2D eigenvalue weighted by molar-refractivity contribution is 7.89. The van der Waals surface area contributed by atoms with Crippen LogP contribution in [0, 0.1) is 5.82 Å². The van der Waals surface area contributed by atoms with Crippen LogP contribution in [-0.4, -0.2) is 98.9 Å². The lowest BCUT2D eigenvalue weighted by Crippen LogP contribution is -2.57. The molecular weight excluding hydrogens is 477 g/mol. The van der Waals surface area contributed by atoms with Gasteiger partial charge >= 0.3 is 0 Å². The second-order valence-electron chi connectivity index (χ2n) is 9.62. The number of β-amino-alcohol motifs (C(OH)–C–C–N with tert-alkyl or cyclic N) is 1. The highest BCUT2D eigenvalue weighted by Crippen LogP contribution is 2.31. The Morgan fingerprint density at radius 2 is 1.86 bits per heavy atom. The molecule has 11 heteroatoms. The minimum Gasteiger partial charge on any atom is -0.389 e. The molecule has 0 aromatic heterocycles. The van der Waals surface area contributed by atoms with E-state index in [0.29, 0.717) is 19.4 Å². The Balaban J connectivity index is 1.36. The van der Waals surface area contributed by atoms with Gasteiger partial charge in [0.15, 0.2) is 0 Å². The fourth-order valence-corrected chi connectivity index (χ4v) is 6.85. The molecule has 35 heavy (non-hydrogen) atoms. The number of aliphatic hydroxyl groups is 1. The van der Waals surface area contributed by atoms with Gasteiger partial charge in [-0.05, 0) is 63.0 Å². The van der Waals surface area contributed by atoms with Crippen molar-refractivity contribution in [3.8, 4) is 0 Å². The molecule has 0 radical (unpaired) electrons. The van der Waals surface area contributed by atoms with Gasteiger partial charge in [-0.3, -0.25) is 4.79 Å². The standard InChI is InChI=1S/C24H36FN3O6S/c25-18-4-7-21(8-5-18)35(31,32)28-15-19(29)16-33-17-23-22(28)9-6-20(34-23)14-24(30)26-10-13-27-11-2-1-3-12-27/h4-5,7-8,19-20,22-23,29H,1-3,6,9-17H2,(H,26,30)/t19-,20+,22-,23+/m0/s1. The SMILES string of the molecule is O=C(C[C@H]1CC[C@H]2[C@@H](COC[C@@H](O)CN2S(=O)(=O)c2ccc(F)cc2)O1)NCCN1CCCCC1. The van der Waals surface area contributed by atoms with Crippen molar-refractivity contribution in [3.63, 3.8) is 0 Å². The molecule has 3 aliphatic rings. The van der Waals surface area contributed by atoms with Crippen LogP contribution in [0.5, 0.6) is 0 Å². The summed E-state index contributed by atoms with van der Waals surface area (Å²) in [6, 6.07) is 4.10. The molecule has 196 valence electrons. The molecule has 3 saturated heterocycles. The normalized spacial score (nSPS) is 29.1. The summed E-state index contributed by atoms with van der Waals surface area (Å²) < 4.78 is 53.2. The molecule has 4 atom stereocenters. The van der Waals surface area contributed by atoms with Gasteiger partial charge in [0.1, 0.15) is 5.82 Å². The average molecular weight is 514 g/mol. The van der Waals surface area contributed by atoms with E-state index in [1.54, 1.807) is 0 Å². The van der Waals surface area contributed by atoms with Crippen LogP contribution < -0.4 is 5.32 Å². The number of hydrogen-bond donors (Lipinski definition) is 2. The summed E-state index contributed by atoms with van der Waals surface area (Å²) in [7, 11) is -4.00. The first kappa shape index (κ1) is 26.4. The number of sulfonamides is 1. The molecule has 2 N–H and O–H groups in total. The van der Waals surface area contributed by atoms with Crippen LogP contribution in [0.25, 0.3) is 0 Å². The van der Waals surface area contributed by atoms with Crippen LogP contribution in [0.1, 0.15) is 38.5 Å². The number of carbonyl (C=O) groups is 1. The van der Waals surface area contributed by atoms with Gasteiger partial charge in [-0.15, -0.1) is 0 Å². The van der Waals surface area contributed by atoms with E-state index in [4.69, 9.17) is 9.47 Å². The molecule has 0 saturated carbocycles. The first-order chi connectivity index (χ1) is 16.8. The first-order valence-electron chi connectivity index (χ1n) is 12.5. The molecule has 4 rings (SSSR count). The smallest absolute Gasteiger partial charge is 0.243 e. The van der Waals surface area contributed by atoms with Crippen molar-refractivity contribution in [1.29, 1.82) is 0 Å². The van der Waals surface area contributed by atoms with E-state index in [1.165, 1.54) is 35.7 Å². The van der Waals surface area contributed by atoms with Gasteiger partial charge in [-0.2, -0.15) is 4.31 Å². The first-order valence-corrected chi connectivity index (χ1v) is 13.9. The maximum Gasteiger partial charge on any atom is 0.243 e. The van der Waals surface area contributed by atoms with Crippen LogP contribution >= 0.6 is 0 Å². The van der Waals surface area contributed by atoms with Crippen LogP contribution in [-0.2, 0) is 24.3 Å². The molecular formula is C24H36FN3O6S. The van der Waals surface area contributed by atoms with Crippen molar-refractivity contribution < 1.29 is 32.2 Å². The number of fused-ring (bicyclic) bond motifs is 1. The number of hydrogen-bond acceptors (Lipinski definition) is 7. The third-order valence-electron chi connectivity index (χ3n) is 6.97. The molecule has 3 heterocycles. The third kappa shape index (κ3) is 6.99. The summed E-state index contributed by atoms with van der Waals surface area (Å²) in [5.74, 6) is -0.607. The van der Waals surface area contributed by atoms with Gasteiger partial charge in [0.05, 0.1) is 48.9 Å². The van der Waals surface area contributed by atoms with E-state index in [0.717, 1.165) is 31.8 Å². The lowest BCUT2D eigenvalue weighted by molar-refractivity contribution is -0.146. The predicted octanol–water partition coefficient (Wildman–Crippen LogP) is 1.12. The Hall–Kier alpha value is -1.63. The Bertz CT molecular complexity index is 941. The number of likely N-dealkylation sites (tertiary alicyclic amines) is 1. The van der Waals surface area contributed by atoms with Crippen molar-refractivity contribution >= 4 is 15.9 Å². The molecule has 0 aliphatic carbocycles. The van der Waals surface area contributed by atoms with E-state index in [1.807, 2.05) is 0 Å². The monoisotopic (exact) mass is 513 g/mol. The Morgan fingerprint density at radius 1 is 1.11 bits per heavy atom. The molecule has 9 nitrogen and oxygen atoms in total. The quantitative estimate of drug-likeness (QED) is 0.563. The lowest BCUT2D eigenvalue weighted by Gasteiger charge is -2.43. The van der Waals surface area contributed by atoms with Crippen molar-refractivity contribution in [2.24, 2.45) is 0 Å². The van der Waals surface area contributed by atoms with Gasteiger partial charge in [0.25, 0.3) is 0 Å². The van der Waals surface area contributed by atoms with Gasteiger partial charge in [0.2, 0.25) is 15.9 Å². The maximum atomic E-state index is 13.4. The number of aliphatic hydroxyl groups excluding tert-OH is 1. The number of halogens is 1. The maximum absolute atomic E-state index is 13.4. The average Bonchev–Trinajstić information content (AvgIpc) is 2.83. The van der Waals surface area contributed by atoms with Gasteiger partial charge in [0, 0.05) is 19.6 Å². The summed E-state index contributed by atoms with van der Waals surface area (Å²) in [4.78, 5) is 14.8. The van der Waals surface area contributed by atoms with Gasteiger partial charge < -0.3 is 24.8 Å². The minimum atomic E-state index is -4.00. The number of benzene rings is 1. The fraction of sp³-hybridized carbons (Fsp3) is 0.708. The summed E-state index contributed by atoms with van der Waals surface area (Å²) >= 11 is 0. The van der Waals surface area contributed by atoms with E-state index in [2.05, 4.69) is 10.2 Å². The fourth-order valence-electron chi connectivity index (χ4n) is 5.13. The molecule has 1 aromatic rings. The number of amides is 1. The highest BCUT2D eigenvalue weighted by Gasteiger charge is 2.43. The molecule has 3 aliphatic heterocycles. The van der Waals surface area contributed by atoms with Crippen molar-refractivity contribution in [2.45, 2.75) is 67.8 Å². The zero-order chi connectivity index (χ0) is 24.8. The van der Waals surface area contributed by atoms with Gasteiger partial charge in [-0.25, -0.2) is 12.8 Å². The molecule has 3 fully saturated rings. The zero-order valence-corrected chi connectivity index (χ0v) is 20.8. The number of ether oxygens (including phenoxy) is 2. The summed E-state index contributed by atoms with van der Waals surface area (Å²) in [6.07, 6.45) is 2.96. The number of nitrogens with zero attached hydrogens (tertiary/aromatic N) is 2. The minimum absolute atomic E-state index is 0.0241. The van der Waals surface area contributed by atoms with E-state index >= 15 is 0 Å². The lowest BCUT2D eigenvalue weighted by atomic mass is 9.96. The number of carbonyl (C=O) groups excluding carboxylic acids is 1. The zero-order valence-electron chi connectivity index (χ0n) is 20.0. The molecule has 0 spiro atoms. The van der Waals surface area contributed by atoms with Crippen molar-refractivity contribution in [2.75, 3.05) is 45.9 Å². The predicted molar refractivity (Wildman–Crippen MR) is 127 cm³/mol. The summed E-state index contributed by atoms with van der Waals surface area (Å²) in [5, 5.41) is 13.3. The molecule has 1 amide bonds. The Kier molecular flexibility index (Phi) is 9.12. The van der Waals surface area contributed by atoms with E-state index in [-0.39, 0.29) is 43.1 Å². The van der Waals surface area contributed by atoms with Crippen LogP contribution in [0.4, 0.5) is 4.39 Å². The Morgan fingerprint density at radius 3 is 2.60 bits per heavy atom. The summed E-state index contributed by atoms with van der Waals surface area (Å²) in [6.45, 7) is 3.55. The second kappa shape index (κ2) is 12.1. The molecule has 0 bridgehead atoms. The topological polar surface area (TPSA) is 108 Å². The van der Waals surface area contributed by atoms with Crippen LogP contribution in [0.15, 0.2) is 29.2 Å². The van der Waals surface area contributed by atoms with E-state index < -0.39 is 34.1 Å². The van der Waals surface area contributed by atoms with Crippen LogP contribution in [0.2, 0.25) is 0 Å². The molecule has 0 unspecified atom stereocenters. The van der Waals surface area contributed by atoms with Gasteiger partial charge in [-0.1, -0.05) is 6.42 Å². The van der Waals surface area contributed by atoms with Crippen LogP contribution in [0.3, 0.4) is 0 Å². The Labute approximate surface area is 206 Å².